The van der Waals surface area contributed by atoms with Crippen LogP contribution in [0.2, 0.25) is 5.02 Å². The van der Waals surface area contributed by atoms with Crippen molar-refractivity contribution in [3.8, 4) is 5.75 Å². The number of sulfone groups is 1. The first kappa shape index (κ1) is 21.6. The maximum Gasteiger partial charge on any atom is 0.191 e. The summed E-state index contributed by atoms with van der Waals surface area (Å²) in [5, 5.41) is 7.02. The number of guanidine groups is 1. The van der Waals surface area contributed by atoms with Crippen LogP contribution in [0.1, 0.15) is 32.8 Å². The van der Waals surface area contributed by atoms with Gasteiger partial charge >= 0.3 is 0 Å². The monoisotopic (exact) mass is 389 g/mol. The quantitative estimate of drug-likeness (QED) is 0.501. The van der Waals surface area contributed by atoms with E-state index in [0.717, 1.165) is 11.3 Å². The number of benzene rings is 1. The van der Waals surface area contributed by atoms with Crippen molar-refractivity contribution in [3.05, 3.63) is 28.8 Å². The summed E-state index contributed by atoms with van der Waals surface area (Å²) < 4.78 is 28.2. The fraction of sp³-hybridized carbons (Fsp3) is 0.588. The fourth-order valence-electron chi connectivity index (χ4n) is 2.13. The summed E-state index contributed by atoms with van der Waals surface area (Å²) in [6.45, 7) is 7.53. The molecule has 1 rings (SSSR count). The summed E-state index contributed by atoms with van der Waals surface area (Å²) in [7, 11) is -2.97. The molecule has 0 amide bonds. The lowest BCUT2D eigenvalue weighted by atomic mass is 10.2. The number of ether oxygens (including phenoxy) is 1. The van der Waals surface area contributed by atoms with Crippen molar-refractivity contribution in [2.24, 2.45) is 4.99 Å². The molecular weight excluding hydrogens is 362 g/mol. The van der Waals surface area contributed by atoms with Crippen molar-refractivity contribution in [2.45, 2.75) is 39.8 Å². The Morgan fingerprint density at radius 1 is 1.36 bits per heavy atom. The van der Waals surface area contributed by atoms with Gasteiger partial charge in [0.2, 0.25) is 0 Å². The Morgan fingerprint density at radius 2 is 2.08 bits per heavy atom. The number of aliphatic imine (C=N–C) groups is 1. The van der Waals surface area contributed by atoms with Crippen LogP contribution in [0.3, 0.4) is 0 Å². The highest BCUT2D eigenvalue weighted by Crippen LogP contribution is 2.24. The molecule has 6 nitrogen and oxygen atoms in total. The Labute approximate surface area is 155 Å². The second kappa shape index (κ2) is 10.5. The van der Waals surface area contributed by atoms with Gasteiger partial charge in [-0.15, -0.1) is 0 Å². The number of nitrogens with one attached hydrogen (secondary N) is 2. The van der Waals surface area contributed by atoms with Crippen molar-refractivity contribution >= 4 is 27.4 Å². The van der Waals surface area contributed by atoms with E-state index < -0.39 is 9.84 Å². The van der Waals surface area contributed by atoms with E-state index in [0.29, 0.717) is 37.1 Å². The van der Waals surface area contributed by atoms with Gasteiger partial charge in [0, 0.05) is 29.4 Å². The molecule has 0 bridgehead atoms. The van der Waals surface area contributed by atoms with E-state index in [9.17, 15) is 8.42 Å². The van der Waals surface area contributed by atoms with Crippen LogP contribution >= 0.6 is 11.6 Å². The summed E-state index contributed by atoms with van der Waals surface area (Å²) in [4.78, 5) is 4.56. The first-order chi connectivity index (χ1) is 11.7. The molecule has 1 atom stereocenters. The Hall–Kier alpha value is -1.47. The third kappa shape index (κ3) is 8.97. The Bertz CT molecular complexity index is 678. The van der Waals surface area contributed by atoms with Crippen LogP contribution < -0.4 is 15.4 Å². The lowest BCUT2D eigenvalue weighted by Crippen LogP contribution is -2.42. The SMILES string of the molecule is CCNC(=NCc1ccc(Cl)cc1OCC)NC(C)CCS(C)(=O)=O. The lowest BCUT2D eigenvalue weighted by molar-refractivity contribution is 0.336. The zero-order valence-electron chi connectivity index (χ0n) is 15.3. The minimum atomic E-state index is -2.97. The molecule has 0 saturated heterocycles. The van der Waals surface area contributed by atoms with Gasteiger partial charge in [0.25, 0.3) is 0 Å². The second-order valence-electron chi connectivity index (χ2n) is 5.84. The van der Waals surface area contributed by atoms with Crippen LogP contribution in [0.15, 0.2) is 23.2 Å². The van der Waals surface area contributed by atoms with Crippen LogP contribution in [0.25, 0.3) is 0 Å². The highest BCUT2D eigenvalue weighted by molar-refractivity contribution is 7.90. The maximum atomic E-state index is 11.3. The van der Waals surface area contributed by atoms with Gasteiger partial charge < -0.3 is 15.4 Å². The van der Waals surface area contributed by atoms with E-state index in [4.69, 9.17) is 16.3 Å². The minimum Gasteiger partial charge on any atom is -0.493 e. The molecule has 25 heavy (non-hydrogen) atoms. The standard InChI is InChI=1S/C17H28ClN3O3S/c1-5-19-17(21-13(3)9-10-25(4,22)23)20-12-14-7-8-15(18)11-16(14)24-6-2/h7-8,11,13H,5-6,9-10,12H2,1-4H3,(H2,19,20,21). The van der Waals surface area contributed by atoms with Gasteiger partial charge in [0.15, 0.2) is 5.96 Å². The van der Waals surface area contributed by atoms with Crippen molar-refractivity contribution < 1.29 is 13.2 Å². The molecule has 0 spiro atoms. The second-order valence-corrected chi connectivity index (χ2v) is 8.54. The summed E-state index contributed by atoms with van der Waals surface area (Å²) in [5.74, 6) is 1.51. The Kier molecular flexibility index (Phi) is 9.06. The molecule has 0 aliphatic carbocycles. The van der Waals surface area contributed by atoms with Crippen molar-refractivity contribution in [1.82, 2.24) is 10.6 Å². The van der Waals surface area contributed by atoms with E-state index >= 15 is 0 Å². The molecule has 0 aliphatic rings. The zero-order chi connectivity index (χ0) is 18.9. The zero-order valence-corrected chi connectivity index (χ0v) is 16.9. The molecule has 0 saturated carbocycles. The topological polar surface area (TPSA) is 79.8 Å². The van der Waals surface area contributed by atoms with E-state index in [1.807, 2.05) is 32.9 Å². The van der Waals surface area contributed by atoms with Crippen LogP contribution in [0.4, 0.5) is 0 Å². The van der Waals surface area contributed by atoms with Gasteiger partial charge in [0.1, 0.15) is 15.6 Å². The lowest BCUT2D eigenvalue weighted by Gasteiger charge is -2.18. The summed E-state index contributed by atoms with van der Waals surface area (Å²) in [6.07, 6.45) is 1.77. The predicted molar refractivity (Wildman–Crippen MR) is 104 cm³/mol. The highest BCUT2D eigenvalue weighted by atomic mass is 35.5. The average molecular weight is 390 g/mol. The number of halogens is 1. The maximum absolute atomic E-state index is 11.3. The third-order valence-electron chi connectivity index (χ3n) is 3.39. The normalized spacial score (nSPS) is 13.4. The van der Waals surface area contributed by atoms with Gasteiger partial charge in [-0.25, -0.2) is 13.4 Å². The van der Waals surface area contributed by atoms with Crippen LogP contribution in [-0.4, -0.2) is 45.6 Å². The summed E-state index contributed by atoms with van der Waals surface area (Å²) in [6, 6.07) is 5.48. The molecular formula is C17H28ClN3O3S. The molecule has 0 aliphatic heterocycles. The molecule has 1 aromatic rings. The minimum absolute atomic E-state index is 0.0101. The van der Waals surface area contributed by atoms with E-state index in [2.05, 4.69) is 15.6 Å². The van der Waals surface area contributed by atoms with E-state index in [1.165, 1.54) is 6.26 Å². The number of hydrogen-bond donors (Lipinski definition) is 2. The fourth-order valence-corrected chi connectivity index (χ4v) is 3.07. The molecule has 2 N–H and O–H groups in total. The van der Waals surface area contributed by atoms with Gasteiger partial charge in [0.05, 0.1) is 18.9 Å². The average Bonchev–Trinajstić information content (AvgIpc) is 2.52. The first-order valence-electron chi connectivity index (χ1n) is 8.39. The van der Waals surface area contributed by atoms with Crippen molar-refractivity contribution in [2.75, 3.05) is 25.2 Å². The van der Waals surface area contributed by atoms with Crippen molar-refractivity contribution in [3.63, 3.8) is 0 Å². The van der Waals surface area contributed by atoms with Crippen molar-refractivity contribution in [1.29, 1.82) is 0 Å². The first-order valence-corrected chi connectivity index (χ1v) is 10.8. The number of rotatable bonds is 9. The molecule has 0 aromatic heterocycles. The van der Waals surface area contributed by atoms with E-state index in [-0.39, 0.29) is 11.8 Å². The van der Waals surface area contributed by atoms with Crippen LogP contribution in [0, 0.1) is 0 Å². The molecule has 8 heteroatoms. The molecule has 1 unspecified atom stereocenters. The van der Waals surface area contributed by atoms with E-state index in [1.54, 1.807) is 6.07 Å². The molecule has 1 aromatic carbocycles. The van der Waals surface area contributed by atoms with Gasteiger partial charge in [-0.05, 0) is 39.3 Å². The smallest absolute Gasteiger partial charge is 0.191 e. The van der Waals surface area contributed by atoms with Crippen LogP contribution in [0.5, 0.6) is 5.75 Å². The highest BCUT2D eigenvalue weighted by Gasteiger charge is 2.10. The predicted octanol–water partition coefficient (Wildman–Crippen LogP) is 2.62. The van der Waals surface area contributed by atoms with Gasteiger partial charge in [-0.2, -0.15) is 0 Å². The van der Waals surface area contributed by atoms with Crippen LogP contribution in [-0.2, 0) is 16.4 Å². The summed E-state index contributed by atoms with van der Waals surface area (Å²) >= 11 is 6.02. The third-order valence-corrected chi connectivity index (χ3v) is 4.60. The molecule has 142 valence electrons. The number of hydrogen-bond acceptors (Lipinski definition) is 4. The Morgan fingerprint density at radius 3 is 2.68 bits per heavy atom. The molecule has 0 fully saturated rings. The number of nitrogens with zero attached hydrogens (tertiary/aromatic N) is 1. The Balaban J connectivity index is 2.78. The molecule has 0 heterocycles. The summed E-state index contributed by atoms with van der Waals surface area (Å²) in [5.41, 5.74) is 0.937. The van der Waals surface area contributed by atoms with Gasteiger partial charge in [-0.3, -0.25) is 0 Å². The molecule has 0 radical (unpaired) electrons. The largest absolute Gasteiger partial charge is 0.493 e. The van der Waals surface area contributed by atoms with Gasteiger partial charge in [-0.1, -0.05) is 17.7 Å².